The Balaban J connectivity index is 1.79. The van der Waals surface area contributed by atoms with Gasteiger partial charge in [0, 0.05) is 39.0 Å². The largest absolute Gasteiger partial charge is 0.383 e. The highest BCUT2D eigenvalue weighted by Gasteiger charge is 2.13. The summed E-state index contributed by atoms with van der Waals surface area (Å²) in [6, 6.07) is 0.481. The third-order valence-corrected chi connectivity index (χ3v) is 3.07. The first kappa shape index (κ1) is 12.5. The van der Waals surface area contributed by atoms with E-state index in [-0.39, 0.29) is 0 Å². The number of aromatic nitrogens is 2. The molecule has 0 spiro atoms. The molecule has 1 aliphatic rings. The molecule has 96 valence electrons. The van der Waals surface area contributed by atoms with Crippen LogP contribution in [0.1, 0.15) is 18.5 Å². The van der Waals surface area contributed by atoms with Crippen LogP contribution < -0.4 is 5.32 Å². The second-order valence-electron chi connectivity index (χ2n) is 4.37. The van der Waals surface area contributed by atoms with Crippen LogP contribution in [0.3, 0.4) is 0 Å². The number of hydrogen-bond acceptors (Lipinski definition) is 4. The molecule has 0 saturated carbocycles. The molecule has 1 N–H and O–H groups in total. The van der Waals surface area contributed by atoms with Crippen LogP contribution >= 0.6 is 0 Å². The van der Waals surface area contributed by atoms with E-state index in [0.717, 1.165) is 39.3 Å². The summed E-state index contributed by atoms with van der Waals surface area (Å²) in [7, 11) is 1.72. The molecule has 0 bridgehead atoms. The van der Waals surface area contributed by atoms with Crippen molar-refractivity contribution in [2.75, 3.05) is 26.9 Å². The van der Waals surface area contributed by atoms with E-state index < -0.39 is 0 Å². The molecule has 0 amide bonds. The highest BCUT2D eigenvalue weighted by atomic mass is 16.5. The van der Waals surface area contributed by atoms with Gasteiger partial charge in [0.2, 0.25) is 0 Å². The van der Waals surface area contributed by atoms with E-state index in [1.807, 2.05) is 12.5 Å². The molecule has 0 radical (unpaired) electrons. The zero-order valence-corrected chi connectivity index (χ0v) is 10.4. The predicted octanol–water partition coefficient (Wildman–Crippen LogP) is 0.798. The topological polar surface area (TPSA) is 48.3 Å². The van der Waals surface area contributed by atoms with Crippen LogP contribution in [-0.4, -0.2) is 42.5 Å². The molecule has 1 aromatic heterocycles. The van der Waals surface area contributed by atoms with Crippen molar-refractivity contribution in [2.45, 2.75) is 32.0 Å². The van der Waals surface area contributed by atoms with Gasteiger partial charge >= 0.3 is 0 Å². The Labute approximate surface area is 102 Å². The van der Waals surface area contributed by atoms with Crippen molar-refractivity contribution < 1.29 is 9.47 Å². The highest BCUT2D eigenvalue weighted by molar-refractivity contribution is 4.98. The SMILES string of the molecule is COCCn1cncc1CNC1CCCOC1. The summed E-state index contributed by atoms with van der Waals surface area (Å²) in [5.41, 5.74) is 1.20. The van der Waals surface area contributed by atoms with Gasteiger partial charge in [0.05, 0.1) is 25.2 Å². The summed E-state index contributed by atoms with van der Waals surface area (Å²) in [6.45, 7) is 4.15. The molecule has 5 nitrogen and oxygen atoms in total. The second kappa shape index (κ2) is 6.74. The fourth-order valence-corrected chi connectivity index (χ4v) is 2.04. The van der Waals surface area contributed by atoms with Crippen LogP contribution in [-0.2, 0) is 22.6 Å². The minimum atomic E-state index is 0.481. The van der Waals surface area contributed by atoms with Gasteiger partial charge in [0.1, 0.15) is 0 Å². The first-order valence-corrected chi connectivity index (χ1v) is 6.19. The summed E-state index contributed by atoms with van der Waals surface area (Å²) >= 11 is 0. The first-order valence-electron chi connectivity index (χ1n) is 6.19. The maximum atomic E-state index is 5.44. The van der Waals surface area contributed by atoms with E-state index in [1.165, 1.54) is 12.1 Å². The molecule has 2 heterocycles. The van der Waals surface area contributed by atoms with Gasteiger partial charge in [-0.3, -0.25) is 0 Å². The Morgan fingerprint density at radius 2 is 2.59 bits per heavy atom. The average molecular weight is 239 g/mol. The van der Waals surface area contributed by atoms with Crippen molar-refractivity contribution in [3.05, 3.63) is 18.2 Å². The zero-order chi connectivity index (χ0) is 11.9. The molecule has 1 saturated heterocycles. The van der Waals surface area contributed by atoms with Gasteiger partial charge in [-0.05, 0) is 12.8 Å². The molecule has 1 atom stereocenters. The Hall–Kier alpha value is -0.910. The summed E-state index contributed by atoms with van der Waals surface area (Å²) in [5.74, 6) is 0. The van der Waals surface area contributed by atoms with Crippen molar-refractivity contribution in [3.63, 3.8) is 0 Å². The van der Waals surface area contributed by atoms with Gasteiger partial charge in [0.25, 0.3) is 0 Å². The molecule has 0 aliphatic carbocycles. The van der Waals surface area contributed by atoms with Crippen molar-refractivity contribution in [3.8, 4) is 0 Å². The molecule has 1 aromatic rings. The third-order valence-electron chi connectivity index (χ3n) is 3.07. The molecule has 0 aromatic carbocycles. The number of methoxy groups -OCH3 is 1. The molecule has 2 rings (SSSR count). The second-order valence-corrected chi connectivity index (χ2v) is 4.37. The number of rotatable bonds is 6. The quantitative estimate of drug-likeness (QED) is 0.797. The summed E-state index contributed by atoms with van der Waals surface area (Å²) in [6.07, 6.45) is 6.12. The van der Waals surface area contributed by atoms with Crippen molar-refractivity contribution >= 4 is 0 Å². The zero-order valence-electron chi connectivity index (χ0n) is 10.4. The first-order chi connectivity index (χ1) is 8.40. The van der Waals surface area contributed by atoms with E-state index in [9.17, 15) is 0 Å². The molecular weight excluding hydrogens is 218 g/mol. The molecular formula is C12H21N3O2. The fraction of sp³-hybridized carbons (Fsp3) is 0.750. The minimum Gasteiger partial charge on any atom is -0.383 e. The lowest BCUT2D eigenvalue weighted by atomic mass is 10.1. The van der Waals surface area contributed by atoms with Crippen LogP contribution in [0.2, 0.25) is 0 Å². The molecule has 1 fully saturated rings. The number of nitrogens with zero attached hydrogens (tertiary/aromatic N) is 2. The predicted molar refractivity (Wildman–Crippen MR) is 64.8 cm³/mol. The smallest absolute Gasteiger partial charge is 0.0949 e. The van der Waals surface area contributed by atoms with Crippen LogP contribution in [0.15, 0.2) is 12.5 Å². The van der Waals surface area contributed by atoms with Crippen LogP contribution in [0.25, 0.3) is 0 Å². The maximum absolute atomic E-state index is 5.44. The van der Waals surface area contributed by atoms with Crippen molar-refractivity contribution in [2.24, 2.45) is 0 Å². The number of imidazole rings is 1. The Morgan fingerprint density at radius 3 is 3.35 bits per heavy atom. The molecule has 5 heteroatoms. The highest BCUT2D eigenvalue weighted by Crippen LogP contribution is 2.07. The Morgan fingerprint density at radius 1 is 1.65 bits per heavy atom. The lowest BCUT2D eigenvalue weighted by molar-refractivity contribution is 0.0697. The molecule has 1 unspecified atom stereocenters. The van der Waals surface area contributed by atoms with E-state index in [1.54, 1.807) is 7.11 Å². The van der Waals surface area contributed by atoms with E-state index in [0.29, 0.717) is 6.04 Å². The number of ether oxygens (including phenoxy) is 2. The van der Waals surface area contributed by atoms with E-state index in [2.05, 4.69) is 14.9 Å². The van der Waals surface area contributed by atoms with Crippen LogP contribution in [0.5, 0.6) is 0 Å². The van der Waals surface area contributed by atoms with Crippen LogP contribution in [0, 0.1) is 0 Å². The van der Waals surface area contributed by atoms with Crippen molar-refractivity contribution in [1.29, 1.82) is 0 Å². The lowest BCUT2D eigenvalue weighted by Crippen LogP contribution is -2.36. The minimum absolute atomic E-state index is 0.481. The van der Waals surface area contributed by atoms with Gasteiger partial charge in [0.15, 0.2) is 0 Å². The normalized spacial score (nSPS) is 20.6. The summed E-state index contributed by atoms with van der Waals surface area (Å²) in [5, 5.41) is 3.51. The average Bonchev–Trinajstić information content (AvgIpc) is 2.82. The van der Waals surface area contributed by atoms with Crippen LogP contribution in [0.4, 0.5) is 0 Å². The van der Waals surface area contributed by atoms with Gasteiger partial charge in [-0.1, -0.05) is 0 Å². The number of nitrogens with one attached hydrogen (secondary N) is 1. The van der Waals surface area contributed by atoms with Gasteiger partial charge in [-0.2, -0.15) is 0 Å². The van der Waals surface area contributed by atoms with Gasteiger partial charge < -0.3 is 19.4 Å². The third kappa shape index (κ3) is 3.80. The summed E-state index contributed by atoms with van der Waals surface area (Å²) < 4.78 is 12.6. The van der Waals surface area contributed by atoms with Crippen molar-refractivity contribution in [1.82, 2.24) is 14.9 Å². The molecule has 1 aliphatic heterocycles. The lowest BCUT2D eigenvalue weighted by Gasteiger charge is -2.23. The monoisotopic (exact) mass is 239 g/mol. The van der Waals surface area contributed by atoms with E-state index in [4.69, 9.17) is 9.47 Å². The summed E-state index contributed by atoms with van der Waals surface area (Å²) in [4.78, 5) is 4.17. The Bertz CT molecular complexity index is 321. The van der Waals surface area contributed by atoms with Gasteiger partial charge in [-0.25, -0.2) is 4.98 Å². The van der Waals surface area contributed by atoms with E-state index >= 15 is 0 Å². The Kier molecular flexibility index (Phi) is 4.97. The van der Waals surface area contributed by atoms with Gasteiger partial charge in [-0.15, -0.1) is 0 Å². The fourth-order valence-electron chi connectivity index (χ4n) is 2.04. The maximum Gasteiger partial charge on any atom is 0.0949 e. The standard InChI is InChI=1S/C12H21N3O2/c1-16-6-4-15-10-13-7-12(15)8-14-11-3-2-5-17-9-11/h7,10-11,14H,2-6,8-9H2,1H3. The number of hydrogen-bond donors (Lipinski definition) is 1. The molecule has 17 heavy (non-hydrogen) atoms.